The number of rotatable bonds is 13. The van der Waals surface area contributed by atoms with E-state index in [1.807, 2.05) is 0 Å². The average molecular weight is 837 g/mol. The largest absolute Gasteiger partial charge is 0.497 e. The summed E-state index contributed by atoms with van der Waals surface area (Å²) in [4.78, 5) is 26.8. The molecule has 0 amide bonds. The molecular formula is C38H53ClN6O13. The minimum Gasteiger partial charge on any atom is -0.497 e. The van der Waals surface area contributed by atoms with Crippen molar-refractivity contribution < 1.29 is 63.2 Å². The third-order valence-corrected chi connectivity index (χ3v) is 11.2. The number of hydrogen-bond donors (Lipinski definition) is 9. The highest BCUT2D eigenvalue weighted by molar-refractivity contribution is 6.30. The van der Waals surface area contributed by atoms with E-state index in [0.29, 0.717) is 38.5 Å². The van der Waals surface area contributed by atoms with Crippen LogP contribution in [0.5, 0.6) is 5.75 Å². The van der Waals surface area contributed by atoms with Gasteiger partial charge >= 0.3 is 5.97 Å². The van der Waals surface area contributed by atoms with E-state index >= 15 is 0 Å². The Morgan fingerprint density at radius 1 is 0.862 bits per heavy atom. The molecule has 14 N–H and O–H groups in total. The zero-order valence-electron chi connectivity index (χ0n) is 32.0. The van der Waals surface area contributed by atoms with Crippen molar-refractivity contribution in [2.24, 2.45) is 28.7 Å². The van der Waals surface area contributed by atoms with Gasteiger partial charge in [0, 0.05) is 40.3 Å². The van der Waals surface area contributed by atoms with Gasteiger partial charge in [-0.2, -0.15) is 0 Å². The topological polar surface area (TPSA) is 315 Å². The lowest BCUT2D eigenvalue weighted by molar-refractivity contribution is -0.317. The molecule has 0 radical (unpaired) electrons. The van der Waals surface area contributed by atoms with Crippen molar-refractivity contribution in [2.45, 2.75) is 112 Å². The van der Waals surface area contributed by atoms with Gasteiger partial charge in [0.25, 0.3) is 5.91 Å². The number of carbonyl (C=O) groups is 2. The van der Waals surface area contributed by atoms with Crippen LogP contribution in [0, 0.1) is 6.92 Å². The van der Waals surface area contributed by atoms with Gasteiger partial charge in [-0.25, -0.2) is 0 Å². The maximum absolute atomic E-state index is 13.6. The molecule has 0 bridgehead atoms. The molecular weight excluding hydrogens is 784 g/mol. The zero-order chi connectivity index (χ0) is 42.0. The normalized spacial score (nSPS) is 34.2. The van der Waals surface area contributed by atoms with E-state index in [1.165, 1.54) is 11.7 Å². The van der Waals surface area contributed by atoms with Crippen LogP contribution in [0.4, 0.5) is 0 Å². The van der Waals surface area contributed by atoms with Crippen LogP contribution in [0.25, 0.3) is 10.9 Å². The first kappa shape index (κ1) is 44.2. The fourth-order valence-electron chi connectivity index (χ4n) is 7.68. The molecule has 3 fully saturated rings. The highest BCUT2D eigenvalue weighted by atomic mass is 35.5. The van der Waals surface area contributed by atoms with Crippen LogP contribution in [0.3, 0.4) is 0 Å². The van der Waals surface area contributed by atoms with Crippen LogP contribution in [-0.2, 0) is 39.6 Å². The number of nitrogens with zero attached hydrogens (tertiary/aromatic N) is 1. The summed E-state index contributed by atoms with van der Waals surface area (Å²) >= 11 is 6.03. The van der Waals surface area contributed by atoms with Gasteiger partial charge in [-0.3, -0.25) is 14.2 Å². The number of aliphatic hydroxyl groups excluding tert-OH is 4. The average Bonchev–Trinajstić information content (AvgIpc) is 3.46. The first-order valence-electron chi connectivity index (χ1n) is 18.9. The van der Waals surface area contributed by atoms with E-state index in [2.05, 4.69) is 0 Å². The molecule has 0 unspecified atom stereocenters. The summed E-state index contributed by atoms with van der Waals surface area (Å²) in [6.07, 6.45) is -12.0. The molecule has 3 aliphatic rings. The van der Waals surface area contributed by atoms with Gasteiger partial charge in [-0.1, -0.05) is 11.6 Å². The highest BCUT2D eigenvalue weighted by Crippen LogP contribution is 2.33. The SMILES string of the molecule is COc1ccc2c(c1)c(CC(=O)OCOC[C@H]1O[C@H](O[C@@H]3[C@@H](O)[C@H](O[C@H]4O[C@H](CN)[C@@H](O)C[C@H]4N)[C@@H](N)C[C@H]3N)[C@H](O)[C@@H](N)[C@@H]1O)c(C)n2C(=O)c1ccc(Cl)cc1. The highest BCUT2D eigenvalue weighted by Gasteiger charge is 2.50. The van der Waals surface area contributed by atoms with Crippen molar-refractivity contribution in [2.75, 3.05) is 27.1 Å². The lowest BCUT2D eigenvalue weighted by Gasteiger charge is -2.48. The first-order chi connectivity index (χ1) is 27.6. The second-order valence-corrected chi connectivity index (χ2v) is 15.3. The van der Waals surface area contributed by atoms with E-state index in [0.717, 1.165) is 0 Å². The fraction of sp³-hybridized carbons (Fsp3) is 0.579. The van der Waals surface area contributed by atoms with E-state index in [9.17, 15) is 30.0 Å². The molecule has 1 aromatic heterocycles. The maximum Gasteiger partial charge on any atom is 0.312 e. The van der Waals surface area contributed by atoms with E-state index in [4.69, 9.17) is 73.4 Å². The maximum atomic E-state index is 13.6. The Morgan fingerprint density at radius 3 is 2.17 bits per heavy atom. The Labute approximate surface area is 339 Å². The summed E-state index contributed by atoms with van der Waals surface area (Å²) in [6, 6.07) is 8.02. The molecule has 1 saturated carbocycles. The quantitative estimate of drug-likeness (QED) is 0.0515. The number of aliphatic hydroxyl groups is 4. The van der Waals surface area contributed by atoms with Gasteiger partial charge in [0.1, 0.15) is 42.4 Å². The number of ether oxygens (including phenoxy) is 7. The molecule has 19 nitrogen and oxygen atoms in total. The predicted octanol–water partition coefficient (Wildman–Crippen LogP) is -1.91. The molecule has 0 spiro atoms. The Balaban J connectivity index is 1.06. The van der Waals surface area contributed by atoms with Crippen LogP contribution in [-0.4, -0.2) is 150 Å². The van der Waals surface area contributed by atoms with E-state index in [1.54, 1.807) is 49.4 Å². The minimum atomic E-state index is -1.56. The van der Waals surface area contributed by atoms with Gasteiger partial charge in [0.05, 0.1) is 49.9 Å². The molecule has 2 aliphatic heterocycles. The fourth-order valence-corrected chi connectivity index (χ4v) is 7.80. The molecule has 6 rings (SSSR count). The number of hydrogen-bond acceptors (Lipinski definition) is 18. The summed E-state index contributed by atoms with van der Waals surface area (Å²) in [5.41, 5.74) is 32.7. The van der Waals surface area contributed by atoms with Gasteiger partial charge in [-0.15, -0.1) is 0 Å². The third-order valence-electron chi connectivity index (χ3n) is 11.0. The number of fused-ring (bicyclic) bond motifs is 1. The Bertz CT molecular complexity index is 1890. The van der Waals surface area contributed by atoms with Crippen molar-refractivity contribution >= 4 is 34.4 Å². The van der Waals surface area contributed by atoms with E-state index < -0.39 is 98.3 Å². The molecule has 58 heavy (non-hydrogen) atoms. The lowest BCUT2D eigenvalue weighted by Crippen LogP contribution is -2.68. The molecule has 14 atom stereocenters. The zero-order valence-corrected chi connectivity index (χ0v) is 32.8. The summed E-state index contributed by atoms with van der Waals surface area (Å²) in [5, 5.41) is 44.4. The van der Waals surface area contributed by atoms with Crippen LogP contribution >= 0.6 is 11.6 Å². The summed E-state index contributed by atoms with van der Waals surface area (Å²) in [7, 11) is 1.51. The second kappa shape index (κ2) is 18.9. The van der Waals surface area contributed by atoms with Crippen LogP contribution in [0.1, 0.15) is 34.5 Å². The first-order valence-corrected chi connectivity index (χ1v) is 19.3. The Hall–Kier alpha value is -3.35. The summed E-state index contributed by atoms with van der Waals surface area (Å²) in [6.45, 7) is 0.844. The summed E-state index contributed by atoms with van der Waals surface area (Å²) < 4.78 is 41.5. The van der Waals surface area contributed by atoms with Crippen molar-refractivity contribution in [3.05, 3.63) is 64.3 Å². The van der Waals surface area contributed by atoms with Gasteiger partial charge < -0.3 is 82.3 Å². The van der Waals surface area contributed by atoms with Gasteiger partial charge in [-0.05, 0) is 67.8 Å². The number of methoxy groups -OCH3 is 1. The van der Waals surface area contributed by atoms with Crippen molar-refractivity contribution in [1.82, 2.24) is 4.57 Å². The monoisotopic (exact) mass is 836 g/mol. The molecule has 2 aromatic carbocycles. The van der Waals surface area contributed by atoms with Crippen LogP contribution in [0.2, 0.25) is 5.02 Å². The van der Waals surface area contributed by atoms with E-state index in [-0.39, 0.29) is 38.3 Å². The van der Waals surface area contributed by atoms with Crippen molar-refractivity contribution in [1.29, 1.82) is 0 Å². The Kier molecular flexibility index (Phi) is 14.4. The Morgan fingerprint density at radius 2 is 1.52 bits per heavy atom. The number of aromatic nitrogens is 1. The molecule has 320 valence electrons. The lowest BCUT2D eigenvalue weighted by atomic mass is 9.84. The van der Waals surface area contributed by atoms with Crippen LogP contribution < -0.4 is 33.4 Å². The molecule has 3 aromatic rings. The van der Waals surface area contributed by atoms with Crippen molar-refractivity contribution in [3.63, 3.8) is 0 Å². The number of halogens is 1. The van der Waals surface area contributed by atoms with Gasteiger partial charge in [0.15, 0.2) is 19.4 Å². The smallest absolute Gasteiger partial charge is 0.312 e. The third kappa shape index (κ3) is 9.34. The van der Waals surface area contributed by atoms with Crippen molar-refractivity contribution in [3.8, 4) is 5.75 Å². The van der Waals surface area contributed by atoms with Crippen LogP contribution in [0.15, 0.2) is 42.5 Å². The predicted molar refractivity (Wildman–Crippen MR) is 206 cm³/mol. The number of benzene rings is 2. The minimum absolute atomic E-state index is 0.0114. The standard InChI is InChI=1S/C38H53ClN6O13/c1-16-20(21-9-19(52-2)7-8-25(21)45(16)36(51)17-3-5-18(39)6-4-17)10-29(47)54-15-53-14-28-31(48)30(44)32(49)38(56-28)58-35-23(42)11-22(41)34(33(35)50)57-37-24(43)12-26(46)27(13-40)55-37/h3-9,22-24,26-28,30-35,37-38,46,48-50H,10-15,40-44H2,1-2H3/t22-,23+,24+,26-,27+,28+,30-,31+,32+,33-,34+,35-,37+,38+/m0/s1. The molecule has 1 aliphatic carbocycles. The molecule has 3 heterocycles. The second-order valence-electron chi connectivity index (χ2n) is 14.9. The number of nitrogens with two attached hydrogens (primary N) is 5. The molecule has 20 heteroatoms. The number of esters is 1. The molecule has 2 saturated heterocycles. The van der Waals surface area contributed by atoms with Gasteiger partial charge in [0.2, 0.25) is 0 Å². The summed E-state index contributed by atoms with van der Waals surface area (Å²) in [5.74, 6) is -0.467. The number of carbonyl (C=O) groups excluding carboxylic acids is 2.